The Labute approximate surface area is 202 Å². The van der Waals surface area contributed by atoms with Gasteiger partial charge in [0.05, 0.1) is 17.7 Å². The molecule has 2 aliphatic rings. The minimum atomic E-state index is -1.69. The van der Waals surface area contributed by atoms with Gasteiger partial charge >= 0.3 is 6.03 Å². The second kappa shape index (κ2) is 8.39. The van der Waals surface area contributed by atoms with Crippen LogP contribution in [0.15, 0.2) is 72.8 Å². The van der Waals surface area contributed by atoms with Crippen LogP contribution in [0.2, 0.25) is 10.0 Å². The van der Waals surface area contributed by atoms with Gasteiger partial charge in [-0.25, -0.2) is 4.79 Å². The van der Waals surface area contributed by atoms with E-state index < -0.39 is 11.8 Å². The van der Waals surface area contributed by atoms with Crippen molar-refractivity contribution in [2.24, 2.45) is 5.92 Å². The van der Waals surface area contributed by atoms with E-state index in [2.05, 4.69) is 6.07 Å². The summed E-state index contributed by atoms with van der Waals surface area (Å²) in [6, 6.07) is 21.9. The van der Waals surface area contributed by atoms with E-state index in [1.807, 2.05) is 0 Å². The van der Waals surface area contributed by atoms with Gasteiger partial charge in [-0.3, -0.25) is 9.80 Å². The maximum absolute atomic E-state index is 14.0. The number of hydrogen-bond donors (Lipinski definition) is 1. The van der Waals surface area contributed by atoms with Crippen LogP contribution >= 0.6 is 23.2 Å². The van der Waals surface area contributed by atoms with Crippen LogP contribution in [0.5, 0.6) is 0 Å². The Morgan fingerprint density at radius 3 is 2.15 bits per heavy atom. The van der Waals surface area contributed by atoms with E-state index in [4.69, 9.17) is 23.2 Å². The van der Waals surface area contributed by atoms with Gasteiger partial charge in [-0.2, -0.15) is 5.26 Å². The summed E-state index contributed by atoms with van der Waals surface area (Å²) >= 11 is 12.2. The zero-order chi connectivity index (χ0) is 23.2. The molecule has 3 aromatic rings. The lowest BCUT2D eigenvalue weighted by Crippen LogP contribution is -2.50. The molecule has 1 saturated heterocycles. The molecule has 0 radical (unpaired) electrons. The van der Waals surface area contributed by atoms with Crippen LogP contribution in [-0.2, 0) is 5.72 Å². The van der Waals surface area contributed by atoms with E-state index in [1.54, 1.807) is 77.7 Å². The van der Waals surface area contributed by atoms with Crippen LogP contribution in [0.4, 0.5) is 16.2 Å². The molecule has 1 aliphatic heterocycles. The van der Waals surface area contributed by atoms with Crippen molar-refractivity contribution in [3.8, 4) is 6.07 Å². The number of benzene rings is 3. The molecule has 0 spiro atoms. The molecule has 0 bridgehead atoms. The van der Waals surface area contributed by atoms with E-state index in [-0.39, 0.29) is 6.03 Å². The third kappa shape index (κ3) is 3.85. The predicted molar refractivity (Wildman–Crippen MR) is 129 cm³/mol. The van der Waals surface area contributed by atoms with Gasteiger partial charge in [0, 0.05) is 27.0 Å². The first-order valence-electron chi connectivity index (χ1n) is 10.8. The number of hydrogen-bond acceptors (Lipinski definition) is 3. The molecule has 1 saturated carbocycles. The molecule has 5 nitrogen and oxygen atoms in total. The lowest BCUT2D eigenvalue weighted by atomic mass is 9.89. The smallest absolute Gasteiger partial charge is 0.332 e. The summed E-state index contributed by atoms with van der Waals surface area (Å²) in [5.41, 5.74) is 0.388. The minimum Gasteiger partial charge on any atom is -0.365 e. The predicted octanol–water partition coefficient (Wildman–Crippen LogP) is 6.33. The van der Waals surface area contributed by atoms with Gasteiger partial charge < -0.3 is 5.11 Å². The highest BCUT2D eigenvalue weighted by molar-refractivity contribution is 6.31. The molecule has 1 heterocycles. The molecule has 0 aromatic heterocycles. The lowest BCUT2D eigenvalue weighted by Gasteiger charge is -2.37. The van der Waals surface area contributed by atoms with Crippen molar-refractivity contribution in [2.75, 3.05) is 9.80 Å². The number of nitrogens with zero attached hydrogens (tertiary/aromatic N) is 3. The maximum Gasteiger partial charge on any atom is 0.332 e. The molecule has 166 valence electrons. The number of aliphatic hydroxyl groups is 1. The summed E-state index contributed by atoms with van der Waals surface area (Å²) in [6.07, 6.45) is 2.76. The molecule has 5 rings (SSSR count). The highest BCUT2D eigenvalue weighted by Crippen LogP contribution is 2.49. The zero-order valence-corrected chi connectivity index (χ0v) is 19.2. The van der Waals surface area contributed by atoms with Crippen molar-refractivity contribution in [1.82, 2.24) is 0 Å². The van der Waals surface area contributed by atoms with E-state index >= 15 is 0 Å². The SMILES string of the molecule is N#Cc1cccc(C2(O)[C@@H](CC3CC3)N(c3ccc(Cl)cc3)C(=O)N2c2ccc(Cl)cc2)c1. The third-order valence-corrected chi connectivity index (χ3v) is 6.88. The van der Waals surface area contributed by atoms with E-state index in [0.29, 0.717) is 44.9 Å². The molecule has 7 heteroatoms. The van der Waals surface area contributed by atoms with Crippen molar-refractivity contribution in [1.29, 1.82) is 5.26 Å². The van der Waals surface area contributed by atoms with Crippen LogP contribution in [-0.4, -0.2) is 17.2 Å². The Balaban J connectivity index is 1.72. The van der Waals surface area contributed by atoms with Gasteiger partial charge in [-0.05, 0) is 73.0 Å². The Morgan fingerprint density at radius 2 is 1.58 bits per heavy atom. The quantitative estimate of drug-likeness (QED) is 0.466. The largest absolute Gasteiger partial charge is 0.365 e. The standard InChI is InChI=1S/C26H21Cl2N3O2/c27-20-6-10-22(11-7-20)30-24(15-17-4-5-17)26(33,19-3-1-2-18(14-19)16-29)31(25(30)32)23-12-8-21(28)9-13-23/h1-3,6-14,17,24,33H,4-5,15H2/t24-,26?/m1/s1. The summed E-state index contributed by atoms with van der Waals surface area (Å²) < 4.78 is 0. The van der Waals surface area contributed by atoms with Crippen LogP contribution in [0.1, 0.15) is 30.4 Å². The first-order chi connectivity index (χ1) is 15.9. The summed E-state index contributed by atoms with van der Waals surface area (Å²) in [5.74, 6) is 0.424. The molecule has 1 N–H and O–H groups in total. The van der Waals surface area contributed by atoms with Crippen molar-refractivity contribution >= 4 is 40.6 Å². The van der Waals surface area contributed by atoms with E-state index in [1.165, 1.54) is 4.90 Å². The summed E-state index contributed by atoms with van der Waals surface area (Å²) in [4.78, 5) is 17.1. The van der Waals surface area contributed by atoms with Gasteiger partial charge in [0.15, 0.2) is 5.72 Å². The fraction of sp³-hybridized carbons (Fsp3) is 0.231. The van der Waals surface area contributed by atoms with Gasteiger partial charge in [0.1, 0.15) is 0 Å². The van der Waals surface area contributed by atoms with E-state index in [0.717, 1.165) is 12.8 Å². The van der Waals surface area contributed by atoms with Gasteiger partial charge in [-0.15, -0.1) is 0 Å². The molecule has 1 aliphatic carbocycles. The van der Waals surface area contributed by atoms with Crippen molar-refractivity contribution < 1.29 is 9.90 Å². The average Bonchev–Trinajstić information content (AvgIpc) is 3.62. The van der Waals surface area contributed by atoms with E-state index in [9.17, 15) is 15.2 Å². The highest BCUT2D eigenvalue weighted by atomic mass is 35.5. The van der Waals surface area contributed by atoms with Gasteiger partial charge in [0.2, 0.25) is 0 Å². The number of carbonyl (C=O) groups excluding carboxylic acids is 1. The highest BCUT2D eigenvalue weighted by Gasteiger charge is 2.59. The van der Waals surface area contributed by atoms with Crippen molar-refractivity contribution in [3.63, 3.8) is 0 Å². The Bertz CT molecular complexity index is 1240. The lowest BCUT2D eigenvalue weighted by molar-refractivity contribution is 0.0275. The van der Waals surface area contributed by atoms with Crippen LogP contribution in [0.3, 0.4) is 0 Å². The molecule has 2 amide bonds. The Morgan fingerprint density at radius 1 is 0.970 bits per heavy atom. The van der Waals surface area contributed by atoms with Crippen molar-refractivity contribution in [3.05, 3.63) is 94.0 Å². The normalized spacial score (nSPS) is 22.5. The van der Waals surface area contributed by atoms with Gasteiger partial charge in [0.25, 0.3) is 0 Å². The molecule has 2 fully saturated rings. The summed E-state index contributed by atoms with van der Waals surface area (Å²) in [7, 11) is 0. The monoisotopic (exact) mass is 477 g/mol. The molecule has 3 aromatic carbocycles. The number of halogens is 2. The second-order valence-corrected chi connectivity index (χ2v) is 9.43. The zero-order valence-electron chi connectivity index (χ0n) is 17.7. The second-order valence-electron chi connectivity index (χ2n) is 8.55. The van der Waals surface area contributed by atoms with Crippen molar-refractivity contribution in [2.45, 2.75) is 31.0 Å². The number of rotatable bonds is 5. The molecule has 1 unspecified atom stereocenters. The number of anilines is 2. The Kier molecular flexibility index (Phi) is 5.54. The summed E-state index contributed by atoms with van der Waals surface area (Å²) in [6.45, 7) is 0. The molecular weight excluding hydrogens is 457 g/mol. The number of carbonyl (C=O) groups is 1. The van der Waals surface area contributed by atoms with Crippen LogP contribution in [0, 0.1) is 17.2 Å². The molecule has 2 atom stereocenters. The number of amides is 2. The third-order valence-electron chi connectivity index (χ3n) is 6.37. The average molecular weight is 478 g/mol. The van der Waals surface area contributed by atoms with Crippen LogP contribution < -0.4 is 9.80 Å². The maximum atomic E-state index is 14.0. The fourth-order valence-corrected chi connectivity index (χ4v) is 4.84. The fourth-order valence-electron chi connectivity index (χ4n) is 4.58. The Hall–Kier alpha value is -3.04. The summed E-state index contributed by atoms with van der Waals surface area (Å²) in [5, 5.41) is 23.0. The topological polar surface area (TPSA) is 67.6 Å². The first kappa shape index (κ1) is 21.8. The number of nitriles is 1. The molecular formula is C26H21Cl2N3O2. The minimum absolute atomic E-state index is 0.352. The van der Waals surface area contributed by atoms with Gasteiger partial charge in [-0.1, -0.05) is 48.2 Å². The number of urea groups is 1. The first-order valence-corrected chi connectivity index (χ1v) is 11.5. The molecule has 33 heavy (non-hydrogen) atoms. The van der Waals surface area contributed by atoms with Crippen LogP contribution in [0.25, 0.3) is 0 Å².